The molecular weight excluding hydrogens is 302 g/mol. The van der Waals surface area contributed by atoms with Gasteiger partial charge in [0.05, 0.1) is 5.56 Å². The van der Waals surface area contributed by atoms with Crippen molar-refractivity contribution in [3.63, 3.8) is 0 Å². The second-order valence-electron chi connectivity index (χ2n) is 4.85. The van der Waals surface area contributed by atoms with Crippen LogP contribution in [0, 0.1) is 5.92 Å². The predicted molar refractivity (Wildman–Crippen MR) is 78.0 cm³/mol. The van der Waals surface area contributed by atoms with Crippen molar-refractivity contribution in [3.05, 3.63) is 29.8 Å². The Morgan fingerprint density at radius 3 is 2.52 bits per heavy atom. The van der Waals surface area contributed by atoms with Gasteiger partial charge in [-0.25, -0.2) is 0 Å². The Balaban J connectivity index is 0.00000220. The lowest BCUT2D eigenvalue weighted by molar-refractivity contribution is -0.0503. The Morgan fingerprint density at radius 2 is 1.95 bits per heavy atom. The van der Waals surface area contributed by atoms with Crippen LogP contribution in [0.3, 0.4) is 0 Å². The number of hydrogen-bond acceptors (Lipinski definition) is 3. The van der Waals surface area contributed by atoms with Crippen molar-refractivity contribution >= 4 is 18.3 Å². The minimum atomic E-state index is -2.94. The molecule has 4 nitrogen and oxygen atoms in total. The lowest BCUT2D eigenvalue weighted by atomic mass is 9.96. The number of nitrogens with zero attached hydrogens (tertiary/aromatic N) is 1. The second-order valence-corrected chi connectivity index (χ2v) is 4.85. The third-order valence-electron chi connectivity index (χ3n) is 3.57. The summed E-state index contributed by atoms with van der Waals surface area (Å²) in [5.41, 5.74) is 5.79. The average molecular weight is 321 g/mol. The minimum absolute atomic E-state index is 0. The van der Waals surface area contributed by atoms with Crippen molar-refractivity contribution in [3.8, 4) is 5.75 Å². The van der Waals surface area contributed by atoms with E-state index in [1.54, 1.807) is 17.0 Å². The van der Waals surface area contributed by atoms with Crippen LogP contribution in [0.2, 0.25) is 0 Å². The molecule has 1 aromatic rings. The molecule has 0 radical (unpaired) electrons. The number of carbonyl (C=O) groups excluding carboxylic acids is 1. The molecule has 1 aromatic carbocycles. The summed E-state index contributed by atoms with van der Waals surface area (Å²) in [4.78, 5) is 14.0. The monoisotopic (exact) mass is 320 g/mol. The van der Waals surface area contributed by atoms with Crippen molar-refractivity contribution in [2.75, 3.05) is 19.6 Å². The van der Waals surface area contributed by atoms with E-state index in [1.165, 1.54) is 12.1 Å². The number of alkyl halides is 2. The van der Waals surface area contributed by atoms with E-state index in [1.807, 2.05) is 0 Å². The molecule has 1 saturated heterocycles. The molecule has 1 amide bonds. The summed E-state index contributed by atoms with van der Waals surface area (Å²) in [5.74, 6) is 0.0942. The predicted octanol–water partition coefficient (Wildman–Crippen LogP) is 2.52. The summed E-state index contributed by atoms with van der Waals surface area (Å²) in [6.45, 7) is -1.12. The molecule has 1 aliphatic rings. The third-order valence-corrected chi connectivity index (χ3v) is 3.57. The fourth-order valence-corrected chi connectivity index (χ4v) is 2.38. The van der Waals surface area contributed by atoms with Gasteiger partial charge in [-0.1, -0.05) is 12.1 Å². The first-order valence-corrected chi connectivity index (χ1v) is 6.65. The van der Waals surface area contributed by atoms with Gasteiger partial charge < -0.3 is 15.4 Å². The standard InChI is InChI=1S/C14H18F2N2O2.ClH/c15-14(16)20-12-4-2-1-3-11(12)13(19)18-7-5-10(9-17)6-8-18;/h1-4,10,14H,5-9,17H2;1H. The van der Waals surface area contributed by atoms with Crippen molar-refractivity contribution in [2.24, 2.45) is 11.7 Å². The van der Waals surface area contributed by atoms with Crippen LogP contribution in [-0.4, -0.2) is 37.1 Å². The summed E-state index contributed by atoms with van der Waals surface area (Å²) in [6, 6.07) is 6.09. The van der Waals surface area contributed by atoms with Crippen LogP contribution in [-0.2, 0) is 0 Å². The van der Waals surface area contributed by atoms with Crippen LogP contribution < -0.4 is 10.5 Å². The molecule has 7 heteroatoms. The van der Waals surface area contributed by atoms with Gasteiger partial charge in [-0.3, -0.25) is 4.79 Å². The van der Waals surface area contributed by atoms with E-state index < -0.39 is 6.61 Å². The fraction of sp³-hybridized carbons (Fsp3) is 0.500. The highest BCUT2D eigenvalue weighted by molar-refractivity contribution is 5.97. The Bertz CT molecular complexity index is 466. The van der Waals surface area contributed by atoms with Crippen LogP contribution in [0.5, 0.6) is 5.75 Å². The third kappa shape index (κ3) is 4.54. The first kappa shape index (κ1) is 17.7. The van der Waals surface area contributed by atoms with Gasteiger partial charge in [-0.2, -0.15) is 8.78 Å². The van der Waals surface area contributed by atoms with Gasteiger partial charge in [0.25, 0.3) is 5.91 Å². The van der Waals surface area contributed by atoms with Gasteiger partial charge in [-0.05, 0) is 37.4 Å². The molecule has 0 bridgehead atoms. The van der Waals surface area contributed by atoms with Gasteiger partial charge in [0.1, 0.15) is 5.75 Å². The molecule has 2 rings (SSSR count). The number of halogens is 3. The number of hydrogen-bond donors (Lipinski definition) is 1. The summed E-state index contributed by atoms with van der Waals surface area (Å²) in [6.07, 6.45) is 1.69. The van der Waals surface area contributed by atoms with Gasteiger partial charge in [0.15, 0.2) is 0 Å². The molecular formula is C14H19ClF2N2O2. The number of amides is 1. The van der Waals surface area contributed by atoms with Crippen molar-refractivity contribution in [1.82, 2.24) is 4.90 Å². The lowest BCUT2D eigenvalue weighted by Crippen LogP contribution is -2.40. The topological polar surface area (TPSA) is 55.6 Å². The summed E-state index contributed by atoms with van der Waals surface area (Å²) < 4.78 is 29.1. The molecule has 0 aromatic heterocycles. The van der Waals surface area contributed by atoms with Crippen molar-refractivity contribution in [2.45, 2.75) is 19.5 Å². The quantitative estimate of drug-likeness (QED) is 0.927. The molecule has 21 heavy (non-hydrogen) atoms. The summed E-state index contributed by atoms with van der Waals surface area (Å²) in [5, 5.41) is 0. The fourth-order valence-electron chi connectivity index (χ4n) is 2.38. The van der Waals surface area contributed by atoms with E-state index in [0.717, 1.165) is 12.8 Å². The maximum atomic E-state index is 12.4. The molecule has 118 valence electrons. The maximum Gasteiger partial charge on any atom is 0.387 e. The first-order valence-electron chi connectivity index (χ1n) is 6.65. The number of ether oxygens (including phenoxy) is 1. The van der Waals surface area contributed by atoms with E-state index in [9.17, 15) is 13.6 Å². The number of benzene rings is 1. The minimum Gasteiger partial charge on any atom is -0.434 e. The van der Waals surface area contributed by atoms with E-state index in [-0.39, 0.29) is 29.6 Å². The van der Waals surface area contributed by atoms with Gasteiger partial charge in [0, 0.05) is 13.1 Å². The number of likely N-dealkylation sites (tertiary alicyclic amines) is 1. The molecule has 0 spiro atoms. The van der Waals surface area contributed by atoms with Crippen molar-refractivity contribution in [1.29, 1.82) is 0 Å². The van der Waals surface area contributed by atoms with Crippen LogP contribution in [0.4, 0.5) is 8.78 Å². The summed E-state index contributed by atoms with van der Waals surface area (Å²) >= 11 is 0. The summed E-state index contributed by atoms with van der Waals surface area (Å²) in [7, 11) is 0. The van der Waals surface area contributed by atoms with Crippen LogP contribution in [0.15, 0.2) is 24.3 Å². The smallest absolute Gasteiger partial charge is 0.387 e. The van der Waals surface area contributed by atoms with Crippen molar-refractivity contribution < 1.29 is 18.3 Å². The Hall–Kier alpha value is -1.40. The first-order chi connectivity index (χ1) is 9.61. The SMILES string of the molecule is Cl.NCC1CCN(C(=O)c2ccccc2OC(F)F)CC1. The Labute approximate surface area is 128 Å². The molecule has 1 aliphatic heterocycles. The highest BCUT2D eigenvalue weighted by atomic mass is 35.5. The van der Waals surface area contributed by atoms with Crippen LogP contribution in [0.1, 0.15) is 23.2 Å². The largest absolute Gasteiger partial charge is 0.434 e. The van der Waals surface area contributed by atoms with Crippen LogP contribution in [0.25, 0.3) is 0 Å². The zero-order valence-electron chi connectivity index (χ0n) is 11.5. The number of rotatable bonds is 4. The van der Waals surface area contributed by atoms with E-state index >= 15 is 0 Å². The maximum absolute atomic E-state index is 12.4. The zero-order chi connectivity index (χ0) is 14.5. The molecule has 2 N–H and O–H groups in total. The lowest BCUT2D eigenvalue weighted by Gasteiger charge is -2.31. The molecule has 1 heterocycles. The molecule has 0 saturated carbocycles. The molecule has 1 fully saturated rings. The van der Waals surface area contributed by atoms with Gasteiger partial charge >= 0.3 is 6.61 Å². The highest BCUT2D eigenvalue weighted by Crippen LogP contribution is 2.24. The Morgan fingerprint density at radius 1 is 1.33 bits per heavy atom. The zero-order valence-corrected chi connectivity index (χ0v) is 12.3. The van der Waals surface area contributed by atoms with Gasteiger partial charge in [0.2, 0.25) is 0 Å². The van der Waals surface area contributed by atoms with Crippen LogP contribution >= 0.6 is 12.4 Å². The number of nitrogens with two attached hydrogens (primary N) is 1. The number of carbonyl (C=O) groups is 1. The van der Waals surface area contributed by atoms with E-state index in [4.69, 9.17) is 5.73 Å². The van der Waals surface area contributed by atoms with Gasteiger partial charge in [-0.15, -0.1) is 12.4 Å². The number of para-hydroxylation sites is 1. The molecule has 0 unspecified atom stereocenters. The second kappa shape index (κ2) is 8.14. The molecule has 0 aliphatic carbocycles. The Kier molecular flexibility index (Phi) is 6.84. The number of piperidine rings is 1. The highest BCUT2D eigenvalue weighted by Gasteiger charge is 2.25. The van der Waals surface area contributed by atoms with E-state index in [2.05, 4.69) is 4.74 Å². The van der Waals surface area contributed by atoms with E-state index in [0.29, 0.717) is 25.6 Å². The molecule has 0 atom stereocenters. The average Bonchev–Trinajstić information content (AvgIpc) is 2.46. The normalized spacial score (nSPS) is 15.7.